The second kappa shape index (κ2) is 4.59. The highest BCUT2D eigenvalue weighted by atomic mass is 16.3. The van der Waals surface area contributed by atoms with Gasteiger partial charge in [-0.3, -0.25) is 0 Å². The van der Waals surface area contributed by atoms with Crippen LogP contribution in [0.15, 0.2) is 0 Å². The first kappa shape index (κ1) is 10.5. The van der Waals surface area contributed by atoms with Gasteiger partial charge in [0, 0.05) is 13.0 Å². The summed E-state index contributed by atoms with van der Waals surface area (Å²) < 4.78 is 0. The van der Waals surface area contributed by atoms with E-state index in [1.165, 1.54) is 0 Å². The monoisotopic (exact) mass is 182 g/mol. The zero-order valence-electron chi connectivity index (χ0n) is 8.29. The van der Waals surface area contributed by atoms with Crippen molar-refractivity contribution in [1.82, 2.24) is 4.90 Å². The standard InChI is InChI=1S/C10H18N2O/c1-10(13)5-4-8-12(9-10)7-3-2-6-11/h13H,2-5,7-9H2,1H3. The second-order valence-electron chi connectivity index (χ2n) is 4.14. The number of aliphatic hydroxyl groups is 1. The summed E-state index contributed by atoms with van der Waals surface area (Å²) in [6, 6.07) is 2.14. The lowest BCUT2D eigenvalue weighted by Gasteiger charge is -2.36. The topological polar surface area (TPSA) is 47.3 Å². The Morgan fingerprint density at radius 2 is 2.38 bits per heavy atom. The van der Waals surface area contributed by atoms with E-state index in [9.17, 15) is 5.11 Å². The fraction of sp³-hybridized carbons (Fsp3) is 0.900. The SMILES string of the molecule is CC1(O)CCCN(CCCC#N)C1. The molecule has 74 valence electrons. The molecule has 1 heterocycles. The highest BCUT2D eigenvalue weighted by molar-refractivity contribution is 4.83. The fourth-order valence-corrected chi connectivity index (χ4v) is 1.90. The third kappa shape index (κ3) is 3.75. The molecular weight excluding hydrogens is 164 g/mol. The normalized spacial score (nSPS) is 29.9. The maximum absolute atomic E-state index is 9.79. The first-order valence-corrected chi connectivity index (χ1v) is 4.96. The van der Waals surface area contributed by atoms with E-state index in [0.29, 0.717) is 6.42 Å². The van der Waals surface area contributed by atoms with Crippen LogP contribution in [-0.4, -0.2) is 35.2 Å². The molecule has 1 fully saturated rings. The maximum Gasteiger partial charge on any atom is 0.0746 e. The number of hydrogen-bond acceptors (Lipinski definition) is 3. The van der Waals surface area contributed by atoms with Crippen LogP contribution in [0.5, 0.6) is 0 Å². The Balaban J connectivity index is 2.23. The van der Waals surface area contributed by atoms with Crippen LogP contribution in [0.25, 0.3) is 0 Å². The van der Waals surface area contributed by atoms with Crippen LogP contribution in [0.4, 0.5) is 0 Å². The quantitative estimate of drug-likeness (QED) is 0.666. The minimum Gasteiger partial charge on any atom is -0.389 e. The van der Waals surface area contributed by atoms with Crippen molar-refractivity contribution in [3.63, 3.8) is 0 Å². The van der Waals surface area contributed by atoms with E-state index in [1.807, 2.05) is 6.92 Å². The smallest absolute Gasteiger partial charge is 0.0746 e. The van der Waals surface area contributed by atoms with Crippen molar-refractivity contribution < 1.29 is 5.11 Å². The second-order valence-corrected chi connectivity index (χ2v) is 4.14. The van der Waals surface area contributed by atoms with Gasteiger partial charge in [0.2, 0.25) is 0 Å². The van der Waals surface area contributed by atoms with Gasteiger partial charge in [-0.25, -0.2) is 0 Å². The number of nitrogens with zero attached hydrogens (tertiary/aromatic N) is 2. The summed E-state index contributed by atoms with van der Waals surface area (Å²) in [5, 5.41) is 18.2. The summed E-state index contributed by atoms with van der Waals surface area (Å²) in [7, 11) is 0. The highest BCUT2D eigenvalue weighted by Crippen LogP contribution is 2.20. The Morgan fingerprint density at radius 1 is 1.62 bits per heavy atom. The van der Waals surface area contributed by atoms with Crippen molar-refractivity contribution in [1.29, 1.82) is 5.26 Å². The molecule has 0 aromatic heterocycles. The molecule has 0 radical (unpaired) electrons. The molecule has 1 atom stereocenters. The molecule has 0 bridgehead atoms. The molecule has 0 spiro atoms. The van der Waals surface area contributed by atoms with E-state index >= 15 is 0 Å². The molecular formula is C10H18N2O. The number of hydrogen-bond donors (Lipinski definition) is 1. The van der Waals surface area contributed by atoms with Gasteiger partial charge in [0.1, 0.15) is 0 Å². The Bertz CT molecular complexity index is 196. The Kier molecular flexibility index (Phi) is 3.71. The molecule has 1 aliphatic heterocycles. The predicted molar refractivity (Wildman–Crippen MR) is 51.1 cm³/mol. The van der Waals surface area contributed by atoms with Gasteiger partial charge in [-0.15, -0.1) is 0 Å². The predicted octanol–water partition coefficient (Wildman–Crippen LogP) is 1.14. The summed E-state index contributed by atoms with van der Waals surface area (Å²) in [5.74, 6) is 0. The number of likely N-dealkylation sites (tertiary alicyclic amines) is 1. The lowest BCUT2D eigenvalue weighted by Crippen LogP contribution is -2.46. The van der Waals surface area contributed by atoms with Crippen LogP contribution in [-0.2, 0) is 0 Å². The summed E-state index contributed by atoms with van der Waals surface area (Å²) in [5.41, 5.74) is -0.509. The number of unbranched alkanes of at least 4 members (excludes halogenated alkanes) is 1. The van der Waals surface area contributed by atoms with Gasteiger partial charge >= 0.3 is 0 Å². The van der Waals surface area contributed by atoms with Gasteiger partial charge < -0.3 is 10.0 Å². The number of nitriles is 1. The molecule has 1 aliphatic rings. The Labute approximate surface area is 80.0 Å². The molecule has 0 aromatic rings. The van der Waals surface area contributed by atoms with Gasteiger partial charge in [-0.2, -0.15) is 5.26 Å². The molecule has 0 aliphatic carbocycles. The third-order valence-corrected chi connectivity index (χ3v) is 2.52. The number of piperidine rings is 1. The van der Waals surface area contributed by atoms with Gasteiger partial charge in [-0.1, -0.05) is 0 Å². The molecule has 1 unspecified atom stereocenters. The highest BCUT2D eigenvalue weighted by Gasteiger charge is 2.27. The van der Waals surface area contributed by atoms with E-state index in [1.54, 1.807) is 0 Å². The summed E-state index contributed by atoms with van der Waals surface area (Å²) in [6.07, 6.45) is 3.52. The first-order chi connectivity index (χ1) is 6.14. The van der Waals surface area contributed by atoms with E-state index in [0.717, 1.165) is 38.9 Å². The summed E-state index contributed by atoms with van der Waals surface area (Å²) >= 11 is 0. The molecule has 1 saturated heterocycles. The van der Waals surface area contributed by atoms with E-state index in [-0.39, 0.29) is 0 Å². The van der Waals surface area contributed by atoms with Crippen molar-refractivity contribution >= 4 is 0 Å². The van der Waals surface area contributed by atoms with Crippen molar-refractivity contribution in [3.05, 3.63) is 0 Å². The molecule has 0 amide bonds. The first-order valence-electron chi connectivity index (χ1n) is 4.96. The summed E-state index contributed by atoms with van der Waals surface area (Å²) in [6.45, 7) is 4.67. The molecule has 0 saturated carbocycles. The average Bonchev–Trinajstić information content (AvgIpc) is 2.03. The number of β-amino-alcohol motifs (C(OH)–C–C–N with tert-alkyl or cyclic N) is 1. The molecule has 13 heavy (non-hydrogen) atoms. The van der Waals surface area contributed by atoms with Crippen molar-refractivity contribution in [2.75, 3.05) is 19.6 Å². The van der Waals surface area contributed by atoms with Crippen LogP contribution in [0.2, 0.25) is 0 Å². The van der Waals surface area contributed by atoms with Gasteiger partial charge in [0.15, 0.2) is 0 Å². The third-order valence-electron chi connectivity index (χ3n) is 2.52. The van der Waals surface area contributed by atoms with Gasteiger partial charge in [-0.05, 0) is 39.3 Å². The Morgan fingerprint density at radius 3 is 3.00 bits per heavy atom. The fourth-order valence-electron chi connectivity index (χ4n) is 1.90. The molecule has 3 nitrogen and oxygen atoms in total. The lowest BCUT2D eigenvalue weighted by molar-refractivity contribution is -0.0155. The van der Waals surface area contributed by atoms with Gasteiger partial charge in [0.05, 0.1) is 11.7 Å². The van der Waals surface area contributed by atoms with Crippen molar-refractivity contribution in [2.24, 2.45) is 0 Å². The lowest BCUT2D eigenvalue weighted by atomic mass is 9.95. The van der Waals surface area contributed by atoms with Crippen molar-refractivity contribution in [2.45, 2.75) is 38.2 Å². The maximum atomic E-state index is 9.79. The molecule has 3 heteroatoms. The van der Waals surface area contributed by atoms with Crippen LogP contribution in [0.3, 0.4) is 0 Å². The van der Waals surface area contributed by atoms with E-state index in [2.05, 4.69) is 11.0 Å². The van der Waals surface area contributed by atoms with Crippen LogP contribution >= 0.6 is 0 Å². The molecule has 1 N–H and O–H groups in total. The minimum absolute atomic E-state index is 0.509. The van der Waals surface area contributed by atoms with Crippen LogP contribution in [0, 0.1) is 11.3 Å². The summed E-state index contributed by atoms with van der Waals surface area (Å²) in [4.78, 5) is 2.25. The van der Waals surface area contributed by atoms with Gasteiger partial charge in [0.25, 0.3) is 0 Å². The van der Waals surface area contributed by atoms with Crippen LogP contribution in [0.1, 0.15) is 32.6 Å². The van der Waals surface area contributed by atoms with Crippen molar-refractivity contribution in [3.8, 4) is 6.07 Å². The molecule has 0 aromatic carbocycles. The largest absolute Gasteiger partial charge is 0.389 e. The zero-order valence-corrected chi connectivity index (χ0v) is 8.29. The van der Waals surface area contributed by atoms with E-state index in [4.69, 9.17) is 5.26 Å². The Hall–Kier alpha value is -0.590. The minimum atomic E-state index is -0.509. The average molecular weight is 182 g/mol. The zero-order chi connectivity index (χ0) is 9.73. The van der Waals surface area contributed by atoms with E-state index < -0.39 is 5.60 Å². The number of rotatable bonds is 3. The molecule has 1 rings (SSSR count). The van der Waals surface area contributed by atoms with Crippen LogP contribution < -0.4 is 0 Å².